The van der Waals surface area contributed by atoms with Gasteiger partial charge in [-0.1, -0.05) is 28.1 Å². The molecule has 0 spiro atoms. The van der Waals surface area contributed by atoms with Gasteiger partial charge in [0.15, 0.2) is 0 Å². The van der Waals surface area contributed by atoms with E-state index in [2.05, 4.69) is 27.8 Å². The van der Waals surface area contributed by atoms with Gasteiger partial charge < -0.3 is 5.32 Å². The lowest BCUT2D eigenvalue weighted by atomic mass is 10.2. The van der Waals surface area contributed by atoms with E-state index in [1.165, 1.54) is 0 Å². The van der Waals surface area contributed by atoms with Crippen LogP contribution in [0.2, 0.25) is 0 Å². The Kier molecular flexibility index (Phi) is 4.90. The van der Waals surface area contributed by atoms with E-state index in [4.69, 9.17) is 0 Å². The Morgan fingerprint density at radius 3 is 2.25 bits per heavy atom. The van der Waals surface area contributed by atoms with E-state index >= 15 is 0 Å². The first-order valence-electron chi connectivity index (χ1n) is 3.70. The first-order chi connectivity index (χ1) is 5.45. The minimum absolute atomic E-state index is 0.0319. The maximum Gasteiger partial charge on any atom is 0.247 e. The molecule has 0 aliphatic carbocycles. The molecule has 0 aliphatic heterocycles. The van der Waals surface area contributed by atoms with Gasteiger partial charge in [0.1, 0.15) is 0 Å². The molecule has 0 heterocycles. The summed E-state index contributed by atoms with van der Waals surface area (Å²) in [7, 11) is 0. The molecule has 1 amide bonds. The van der Waals surface area contributed by atoms with Crippen LogP contribution in [0, 0.1) is 0 Å². The third kappa shape index (κ3) is 4.34. The van der Waals surface area contributed by atoms with Gasteiger partial charge in [-0.15, -0.1) is 0 Å². The lowest BCUT2D eigenvalue weighted by molar-refractivity contribution is -0.117. The van der Waals surface area contributed by atoms with Crippen LogP contribution in [0.15, 0.2) is 22.2 Å². The maximum atomic E-state index is 11.3. The zero-order valence-corrected chi connectivity index (χ0v) is 9.29. The van der Waals surface area contributed by atoms with E-state index in [0.29, 0.717) is 6.54 Å². The predicted molar refractivity (Wildman–Crippen MR) is 55.1 cm³/mol. The Balaban J connectivity index is 4.07. The number of hydrogen-bond acceptors (Lipinski definition) is 1. The van der Waals surface area contributed by atoms with Crippen molar-refractivity contribution in [1.29, 1.82) is 0 Å². The second-order valence-electron chi connectivity index (χ2n) is 2.82. The minimum Gasteiger partial charge on any atom is -0.348 e. The topological polar surface area (TPSA) is 29.1 Å². The van der Waals surface area contributed by atoms with Gasteiger partial charge in [-0.25, -0.2) is 0 Å². The van der Waals surface area contributed by atoms with Gasteiger partial charge in [0.2, 0.25) is 5.91 Å². The van der Waals surface area contributed by atoms with E-state index in [1.54, 1.807) is 0 Å². The van der Waals surface area contributed by atoms with Crippen molar-refractivity contribution in [2.45, 2.75) is 20.8 Å². The summed E-state index contributed by atoms with van der Waals surface area (Å²) in [4.78, 5) is 11.3. The number of nitrogens with one attached hydrogen (secondary N) is 1. The highest BCUT2D eigenvalue weighted by atomic mass is 79.9. The molecule has 0 unspecified atom stereocenters. The number of carbonyl (C=O) groups excluding carboxylic acids is 1. The zero-order valence-electron chi connectivity index (χ0n) is 7.70. The average molecular weight is 232 g/mol. The largest absolute Gasteiger partial charge is 0.348 e. The predicted octanol–water partition coefficient (Wildman–Crippen LogP) is 2.37. The molecule has 2 nitrogen and oxygen atoms in total. The monoisotopic (exact) mass is 231 g/mol. The van der Waals surface area contributed by atoms with Crippen molar-refractivity contribution in [2.75, 3.05) is 6.54 Å². The second-order valence-corrected chi connectivity index (χ2v) is 3.95. The molecule has 0 saturated heterocycles. The van der Waals surface area contributed by atoms with Crippen molar-refractivity contribution < 1.29 is 4.79 Å². The summed E-state index contributed by atoms with van der Waals surface area (Å²) < 4.78 is 0.775. The quantitative estimate of drug-likeness (QED) is 0.743. The fourth-order valence-electron chi connectivity index (χ4n) is 0.536. The first kappa shape index (κ1) is 11.4. The molecule has 0 fully saturated rings. The minimum atomic E-state index is -0.0319. The van der Waals surface area contributed by atoms with Crippen LogP contribution in [0.5, 0.6) is 0 Å². The molecule has 0 bridgehead atoms. The van der Waals surface area contributed by atoms with E-state index in [1.807, 2.05) is 20.8 Å². The van der Waals surface area contributed by atoms with Crippen LogP contribution < -0.4 is 5.32 Å². The van der Waals surface area contributed by atoms with Gasteiger partial charge >= 0.3 is 0 Å². The zero-order chi connectivity index (χ0) is 9.72. The van der Waals surface area contributed by atoms with Crippen LogP contribution in [0.4, 0.5) is 0 Å². The molecule has 0 radical (unpaired) electrons. The van der Waals surface area contributed by atoms with Gasteiger partial charge in [-0.2, -0.15) is 0 Å². The maximum absolute atomic E-state index is 11.3. The number of allylic oxidation sites excluding steroid dienone is 1. The van der Waals surface area contributed by atoms with Crippen LogP contribution in [0.1, 0.15) is 20.8 Å². The van der Waals surface area contributed by atoms with Crippen molar-refractivity contribution in [3.63, 3.8) is 0 Å². The van der Waals surface area contributed by atoms with Gasteiger partial charge in [0.05, 0.1) is 0 Å². The molecule has 0 aromatic heterocycles. The molecule has 0 aliphatic rings. The molecule has 0 aromatic carbocycles. The van der Waals surface area contributed by atoms with Gasteiger partial charge in [0.25, 0.3) is 0 Å². The summed E-state index contributed by atoms with van der Waals surface area (Å²) in [5.74, 6) is -0.0319. The molecular formula is C9H14BrNO. The third-order valence-electron chi connectivity index (χ3n) is 1.53. The summed E-state index contributed by atoms with van der Waals surface area (Å²) in [5.41, 5.74) is 1.80. The van der Waals surface area contributed by atoms with E-state index in [-0.39, 0.29) is 5.91 Å². The highest BCUT2D eigenvalue weighted by Crippen LogP contribution is 2.02. The summed E-state index contributed by atoms with van der Waals surface area (Å²) in [6.45, 7) is 9.73. The molecule has 0 aromatic rings. The normalized spacial score (nSPS) is 9.00. The van der Waals surface area contributed by atoms with Crippen molar-refractivity contribution in [1.82, 2.24) is 5.32 Å². The lowest BCUT2D eigenvalue weighted by Gasteiger charge is -2.05. The molecule has 0 saturated carbocycles. The molecule has 1 N–H and O–H groups in total. The van der Waals surface area contributed by atoms with Crippen LogP contribution in [-0.4, -0.2) is 12.5 Å². The number of carbonyl (C=O) groups is 1. The standard InChI is InChI=1S/C9H14BrNO/c1-6(2)8(4)9(12)11-5-7(3)10/h3,5H2,1-2,4H3,(H,11,12). The van der Waals surface area contributed by atoms with Crippen molar-refractivity contribution >= 4 is 21.8 Å². The Morgan fingerprint density at radius 2 is 1.92 bits per heavy atom. The SMILES string of the molecule is C=C(Br)CNC(=O)C(C)=C(C)C. The summed E-state index contributed by atoms with van der Waals surface area (Å²) in [6, 6.07) is 0. The summed E-state index contributed by atoms with van der Waals surface area (Å²) in [5, 5.41) is 2.72. The Hall–Kier alpha value is -0.570. The molecule has 3 heteroatoms. The number of rotatable bonds is 3. The lowest BCUT2D eigenvalue weighted by Crippen LogP contribution is -2.25. The fraction of sp³-hybridized carbons (Fsp3) is 0.444. The Morgan fingerprint density at radius 1 is 1.42 bits per heavy atom. The Labute approximate surface area is 81.9 Å². The Bertz CT molecular complexity index is 227. The van der Waals surface area contributed by atoms with Crippen molar-refractivity contribution in [2.24, 2.45) is 0 Å². The molecule has 0 rings (SSSR count). The first-order valence-corrected chi connectivity index (χ1v) is 4.50. The molecular weight excluding hydrogens is 218 g/mol. The van der Waals surface area contributed by atoms with Gasteiger partial charge in [0, 0.05) is 16.6 Å². The average Bonchev–Trinajstić information content (AvgIpc) is 1.98. The number of halogens is 1. The molecule has 68 valence electrons. The van der Waals surface area contributed by atoms with Crippen molar-refractivity contribution in [3.8, 4) is 0 Å². The summed E-state index contributed by atoms with van der Waals surface area (Å²) >= 11 is 3.16. The van der Waals surface area contributed by atoms with Gasteiger partial charge in [-0.05, 0) is 20.8 Å². The second kappa shape index (κ2) is 5.14. The van der Waals surface area contributed by atoms with Crippen LogP contribution in [0.25, 0.3) is 0 Å². The number of amides is 1. The van der Waals surface area contributed by atoms with E-state index in [9.17, 15) is 4.79 Å². The van der Waals surface area contributed by atoms with E-state index < -0.39 is 0 Å². The van der Waals surface area contributed by atoms with Crippen molar-refractivity contribution in [3.05, 3.63) is 22.2 Å². The highest BCUT2D eigenvalue weighted by Gasteiger charge is 2.03. The fourth-order valence-corrected chi connectivity index (χ4v) is 0.676. The smallest absolute Gasteiger partial charge is 0.247 e. The number of hydrogen-bond donors (Lipinski definition) is 1. The molecule has 0 atom stereocenters. The van der Waals surface area contributed by atoms with Crippen LogP contribution in [-0.2, 0) is 4.79 Å². The van der Waals surface area contributed by atoms with Crippen LogP contribution >= 0.6 is 15.9 Å². The van der Waals surface area contributed by atoms with Crippen LogP contribution in [0.3, 0.4) is 0 Å². The summed E-state index contributed by atoms with van der Waals surface area (Å²) in [6.07, 6.45) is 0. The molecule has 12 heavy (non-hydrogen) atoms. The van der Waals surface area contributed by atoms with Gasteiger partial charge in [-0.3, -0.25) is 4.79 Å². The third-order valence-corrected chi connectivity index (χ3v) is 1.81. The highest BCUT2D eigenvalue weighted by molar-refractivity contribution is 9.11. The van der Waals surface area contributed by atoms with E-state index in [0.717, 1.165) is 15.6 Å².